The molecule has 3 aromatic heterocycles. The zero-order valence-electron chi connectivity index (χ0n) is 17.4. The molecule has 0 aliphatic rings. The Balaban J connectivity index is 1.53. The van der Waals surface area contributed by atoms with Crippen molar-refractivity contribution in [2.24, 2.45) is 0 Å². The van der Waals surface area contributed by atoms with Gasteiger partial charge in [-0.3, -0.25) is 9.78 Å². The summed E-state index contributed by atoms with van der Waals surface area (Å²) in [6, 6.07) is 11.2. The first kappa shape index (κ1) is 21.3. The van der Waals surface area contributed by atoms with Crippen LogP contribution in [0, 0.1) is 25.2 Å². The van der Waals surface area contributed by atoms with Crippen LogP contribution in [-0.4, -0.2) is 20.9 Å². The molecule has 1 aromatic carbocycles. The van der Waals surface area contributed by atoms with Gasteiger partial charge in [-0.1, -0.05) is 17.7 Å². The highest BCUT2D eigenvalue weighted by atomic mass is 35.5. The summed E-state index contributed by atoms with van der Waals surface area (Å²) in [5.74, 6) is 0.0492. The van der Waals surface area contributed by atoms with Crippen molar-refractivity contribution in [2.45, 2.75) is 26.8 Å². The molecule has 0 atom stereocenters. The number of oxazole rings is 1. The van der Waals surface area contributed by atoms with Crippen LogP contribution < -0.4 is 11.1 Å². The number of halogens is 1. The molecule has 8 nitrogen and oxygen atoms in total. The number of nitrogen functional groups attached to an aromatic ring is 1. The number of nitrogens with two attached hydrogens (primary N) is 1. The van der Waals surface area contributed by atoms with Gasteiger partial charge in [0.25, 0.3) is 5.91 Å². The summed E-state index contributed by atoms with van der Waals surface area (Å²) >= 11 is 6.03. The lowest BCUT2D eigenvalue weighted by Crippen LogP contribution is -2.24. The fourth-order valence-electron chi connectivity index (χ4n) is 3.51. The van der Waals surface area contributed by atoms with E-state index in [1.165, 1.54) is 0 Å². The lowest BCUT2D eigenvalue weighted by molar-refractivity contribution is 0.0921. The van der Waals surface area contributed by atoms with Crippen LogP contribution in [0.5, 0.6) is 0 Å². The zero-order chi connectivity index (χ0) is 22.8. The lowest BCUT2D eigenvalue weighted by atomic mass is 10.1. The molecule has 0 spiro atoms. The Kier molecular flexibility index (Phi) is 5.75. The van der Waals surface area contributed by atoms with Crippen molar-refractivity contribution in [2.75, 3.05) is 5.73 Å². The van der Waals surface area contributed by atoms with Crippen LogP contribution in [0.15, 0.2) is 40.9 Å². The van der Waals surface area contributed by atoms with Crippen molar-refractivity contribution >= 4 is 34.2 Å². The number of carbonyl (C=O) groups is 1. The minimum Gasteiger partial charge on any atom is -0.434 e. The molecule has 0 fully saturated rings. The van der Waals surface area contributed by atoms with Gasteiger partial charge in [-0.05, 0) is 54.8 Å². The molecule has 1 amide bonds. The molecule has 3 N–H and O–H groups in total. The van der Waals surface area contributed by atoms with Gasteiger partial charge >= 0.3 is 0 Å². The maximum atomic E-state index is 12.7. The SMILES string of the molecule is Cc1cc(N)nc(C)c1CNC(=O)c1oc(Cc2ccc3ncc(Cl)cc3c2)nc1C#N. The van der Waals surface area contributed by atoms with Crippen molar-refractivity contribution < 1.29 is 9.21 Å². The summed E-state index contributed by atoms with van der Waals surface area (Å²) in [6.07, 6.45) is 1.90. The Labute approximate surface area is 189 Å². The average Bonchev–Trinajstić information content (AvgIpc) is 3.15. The van der Waals surface area contributed by atoms with Crippen LogP contribution in [0.25, 0.3) is 10.9 Å². The number of amides is 1. The number of nitrogens with one attached hydrogen (secondary N) is 1. The van der Waals surface area contributed by atoms with Gasteiger partial charge in [0.05, 0.1) is 10.5 Å². The van der Waals surface area contributed by atoms with Crippen LogP contribution in [0.3, 0.4) is 0 Å². The first-order chi connectivity index (χ1) is 15.3. The molecular formula is C23H19ClN6O2. The van der Waals surface area contributed by atoms with E-state index < -0.39 is 5.91 Å². The quantitative estimate of drug-likeness (QED) is 0.475. The normalized spacial score (nSPS) is 10.8. The van der Waals surface area contributed by atoms with E-state index in [4.69, 9.17) is 21.8 Å². The number of benzene rings is 1. The van der Waals surface area contributed by atoms with Crippen LogP contribution in [0.2, 0.25) is 5.02 Å². The number of fused-ring (bicyclic) bond motifs is 1. The predicted molar refractivity (Wildman–Crippen MR) is 120 cm³/mol. The molecule has 0 aliphatic heterocycles. The van der Waals surface area contributed by atoms with Crippen LogP contribution in [0.1, 0.15) is 44.5 Å². The van der Waals surface area contributed by atoms with Crippen molar-refractivity contribution in [1.82, 2.24) is 20.3 Å². The molecule has 0 unspecified atom stereocenters. The molecule has 0 bridgehead atoms. The number of aryl methyl sites for hydroxylation is 2. The summed E-state index contributed by atoms with van der Waals surface area (Å²) in [4.78, 5) is 25.4. The van der Waals surface area contributed by atoms with E-state index in [-0.39, 0.29) is 23.9 Å². The van der Waals surface area contributed by atoms with E-state index >= 15 is 0 Å². The summed E-state index contributed by atoms with van der Waals surface area (Å²) in [5.41, 5.74) is 9.89. The Morgan fingerprint density at radius 2 is 2.06 bits per heavy atom. The van der Waals surface area contributed by atoms with Gasteiger partial charge in [0.15, 0.2) is 5.69 Å². The smallest absolute Gasteiger partial charge is 0.290 e. The van der Waals surface area contributed by atoms with E-state index in [2.05, 4.69) is 20.3 Å². The highest BCUT2D eigenvalue weighted by molar-refractivity contribution is 6.31. The molecule has 0 saturated heterocycles. The van der Waals surface area contributed by atoms with Crippen molar-refractivity contribution in [3.63, 3.8) is 0 Å². The number of hydrogen-bond acceptors (Lipinski definition) is 7. The third-order valence-electron chi connectivity index (χ3n) is 5.05. The van der Waals surface area contributed by atoms with Gasteiger partial charge < -0.3 is 15.5 Å². The second-order valence-electron chi connectivity index (χ2n) is 7.37. The van der Waals surface area contributed by atoms with Gasteiger partial charge in [0, 0.05) is 30.2 Å². The minimum absolute atomic E-state index is 0.0631. The summed E-state index contributed by atoms with van der Waals surface area (Å²) < 4.78 is 5.65. The van der Waals surface area contributed by atoms with E-state index in [0.29, 0.717) is 17.3 Å². The van der Waals surface area contributed by atoms with Crippen molar-refractivity contribution in [3.05, 3.63) is 81.3 Å². The largest absolute Gasteiger partial charge is 0.434 e. The topological polar surface area (TPSA) is 131 Å². The molecule has 32 heavy (non-hydrogen) atoms. The van der Waals surface area contributed by atoms with Gasteiger partial charge in [0.1, 0.15) is 11.9 Å². The zero-order valence-corrected chi connectivity index (χ0v) is 18.2. The molecule has 160 valence electrons. The van der Waals surface area contributed by atoms with E-state index in [1.807, 2.05) is 44.2 Å². The molecule has 3 heterocycles. The highest BCUT2D eigenvalue weighted by Gasteiger charge is 2.21. The number of nitriles is 1. The second kappa shape index (κ2) is 8.65. The van der Waals surface area contributed by atoms with Gasteiger partial charge in [-0.2, -0.15) is 5.26 Å². The first-order valence-electron chi connectivity index (χ1n) is 9.79. The Bertz CT molecular complexity index is 1370. The van der Waals surface area contributed by atoms with Crippen LogP contribution in [-0.2, 0) is 13.0 Å². The number of anilines is 1. The van der Waals surface area contributed by atoms with E-state index in [9.17, 15) is 10.1 Å². The molecule has 9 heteroatoms. The molecule has 0 aliphatic carbocycles. The van der Waals surface area contributed by atoms with Crippen LogP contribution >= 0.6 is 11.6 Å². The van der Waals surface area contributed by atoms with Gasteiger partial charge in [0.2, 0.25) is 11.7 Å². The second-order valence-corrected chi connectivity index (χ2v) is 7.80. The average molecular weight is 447 g/mol. The number of aromatic nitrogens is 3. The summed E-state index contributed by atoms with van der Waals surface area (Å²) in [5, 5.41) is 13.6. The maximum Gasteiger partial charge on any atom is 0.290 e. The van der Waals surface area contributed by atoms with Gasteiger partial charge in [-0.15, -0.1) is 0 Å². The van der Waals surface area contributed by atoms with Crippen molar-refractivity contribution in [1.29, 1.82) is 5.26 Å². The van der Waals surface area contributed by atoms with E-state index in [0.717, 1.165) is 33.3 Å². The highest BCUT2D eigenvalue weighted by Crippen LogP contribution is 2.21. The minimum atomic E-state index is -0.523. The predicted octanol–water partition coefficient (Wildman–Crippen LogP) is 3.86. The van der Waals surface area contributed by atoms with E-state index in [1.54, 1.807) is 12.3 Å². The monoisotopic (exact) mass is 446 g/mol. The molecule has 4 rings (SSSR count). The van der Waals surface area contributed by atoms with Crippen molar-refractivity contribution in [3.8, 4) is 6.07 Å². The molecule has 0 saturated carbocycles. The summed E-state index contributed by atoms with van der Waals surface area (Å²) in [7, 11) is 0. The fourth-order valence-corrected chi connectivity index (χ4v) is 3.68. The molecular weight excluding hydrogens is 428 g/mol. The molecule has 0 radical (unpaired) electrons. The third-order valence-corrected chi connectivity index (χ3v) is 5.26. The Morgan fingerprint density at radius 3 is 2.81 bits per heavy atom. The van der Waals surface area contributed by atoms with Crippen LogP contribution in [0.4, 0.5) is 5.82 Å². The maximum absolute atomic E-state index is 12.7. The Hall–Kier alpha value is -3.96. The Morgan fingerprint density at radius 1 is 1.25 bits per heavy atom. The third kappa shape index (κ3) is 4.38. The number of carbonyl (C=O) groups excluding carboxylic acids is 1. The first-order valence-corrected chi connectivity index (χ1v) is 10.2. The molecule has 4 aromatic rings. The lowest BCUT2D eigenvalue weighted by Gasteiger charge is -2.10. The number of pyridine rings is 2. The fraction of sp³-hybridized carbons (Fsp3) is 0.174. The number of hydrogen-bond donors (Lipinski definition) is 2. The number of rotatable bonds is 5. The number of nitrogens with zero attached hydrogens (tertiary/aromatic N) is 4. The summed E-state index contributed by atoms with van der Waals surface area (Å²) in [6.45, 7) is 3.94. The standard InChI is InChI=1S/C23H19ClN6O2/c1-12-5-20(26)29-13(2)17(12)11-28-23(31)22-19(9-25)30-21(32-22)7-14-3-4-18-15(6-14)8-16(24)10-27-18/h3-6,8,10H,7,11H2,1-2H3,(H2,26,29)(H,28,31). The van der Waals surface area contributed by atoms with Gasteiger partial charge in [-0.25, -0.2) is 9.97 Å².